The first-order chi connectivity index (χ1) is 13.4. The standard InChI is InChI=1S/C21H23N3O3S/c1-14-11-15(2)13-17(12-14)27-16(3)21(26)22-8-9-24-20(25)7-6-18(23-24)19-5-4-10-28-19/h4-7,10-13,16H,8-9H2,1-3H3,(H,22,26). The molecule has 0 saturated heterocycles. The maximum absolute atomic E-state index is 12.3. The SMILES string of the molecule is Cc1cc(C)cc(OC(C)C(=O)NCCn2nc(-c3cccs3)ccc2=O)c1. The van der Waals surface area contributed by atoms with Crippen LogP contribution in [-0.4, -0.2) is 28.3 Å². The number of aryl methyl sites for hydroxylation is 2. The van der Waals surface area contributed by atoms with Gasteiger partial charge in [-0.25, -0.2) is 4.68 Å². The molecule has 0 bridgehead atoms. The molecule has 3 aromatic rings. The highest BCUT2D eigenvalue weighted by molar-refractivity contribution is 7.13. The van der Waals surface area contributed by atoms with Gasteiger partial charge in [-0.3, -0.25) is 9.59 Å². The van der Waals surface area contributed by atoms with Crippen LogP contribution in [0.2, 0.25) is 0 Å². The molecule has 0 aliphatic carbocycles. The van der Waals surface area contributed by atoms with E-state index in [0.29, 0.717) is 18.8 Å². The van der Waals surface area contributed by atoms with Crippen molar-refractivity contribution in [1.82, 2.24) is 15.1 Å². The van der Waals surface area contributed by atoms with Gasteiger partial charge in [0.05, 0.1) is 11.4 Å². The highest BCUT2D eigenvalue weighted by atomic mass is 32.1. The topological polar surface area (TPSA) is 73.2 Å². The van der Waals surface area contributed by atoms with E-state index in [1.165, 1.54) is 10.7 Å². The molecule has 0 spiro atoms. The van der Waals surface area contributed by atoms with E-state index in [-0.39, 0.29) is 11.5 Å². The lowest BCUT2D eigenvalue weighted by Crippen LogP contribution is -2.39. The largest absolute Gasteiger partial charge is 0.481 e. The Balaban J connectivity index is 1.56. The number of carbonyl (C=O) groups excluding carboxylic acids is 1. The molecule has 146 valence electrons. The molecule has 1 unspecified atom stereocenters. The van der Waals surface area contributed by atoms with Gasteiger partial charge in [0.1, 0.15) is 11.4 Å². The number of nitrogens with one attached hydrogen (secondary N) is 1. The van der Waals surface area contributed by atoms with E-state index in [2.05, 4.69) is 10.4 Å². The average Bonchev–Trinajstić information content (AvgIpc) is 3.17. The van der Waals surface area contributed by atoms with Crippen molar-refractivity contribution in [3.05, 3.63) is 69.3 Å². The van der Waals surface area contributed by atoms with Crippen LogP contribution in [-0.2, 0) is 11.3 Å². The number of benzene rings is 1. The van der Waals surface area contributed by atoms with Crippen LogP contribution in [0.4, 0.5) is 0 Å². The number of carbonyl (C=O) groups is 1. The first kappa shape index (κ1) is 19.8. The summed E-state index contributed by atoms with van der Waals surface area (Å²) in [7, 11) is 0. The van der Waals surface area contributed by atoms with Crippen LogP contribution in [0.1, 0.15) is 18.1 Å². The molecule has 7 heteroatoms. The summed E-state index contributed by atoms with van der Waals surface area (Å²) in [5.41, 5.74) is 2.71. The first-order valence-electron chi connectivity index (χ1n) is 9.07. The lowest BCUT2D eigenvalue weighted by atomic mass is 10.1. The molecular formula is C21H23N3O3S. The number of thiophene rings is 1. The molecule has 0 aliphatic rings. The van der Waals surface area contributed by atoms with Crippen molar-refractivity contribution < 1.29 is 9.53 Å². The van der Waals surface area contributed by atoms with E-state index in [1.807, 2.05) is 49.6 Å². The van der Waals surface area contributed by atoms with Crippen LogP contribution < -0.4 is 15.6 Å². The second-order valence-electron chi connectivity index (χ2n) is 6.63. The second-order valence-corrected chi connectivity index (χ2v) is 7.58. The van der Waals surface area contributed by atoms with Crippen LogP contribution in [0.3, 0.4) is 0 Å². The Labute approximate surface area is 167 Å². The molecule has 1 N–H and O–H groups in total. The summed E-state index contributed by atoms with van der Waals surface area (Å²) >= 11 is 1.56. The lowest BCUT2D eigenvalue weighted by Gasteiger charge is -2.16. The molecule has 2 heterocycles. The summed E-state index contributed by atoms with van der Waals surface area (Å²) < 4.78 is 7.10. The Hall–Kier alpha value is -2.93. The van der Waals surface area contributed by atoms with Crippen LogP contribution in [0.25, 0.3) is 10.6 Å². The summed E-state index contributed by atoms with van der Waals surface area (Å²) in [6, 6.07) is 12.9. The van der Waals surface area contributed by atoms with Gasteiger partial charge in [-0.15, -0.1) is 11.3 Å². The average molecular weight is 398 g/mol. The highest BCUT2D eigenvalue weighted by Gasteiger charge is 2.14. The Morgan fingerprint density at radius 1 is 1.21 bits per heavy atom. The van der Waals surface area contributed by atoms with E-state index in [4.69, 9.17) is 4.74 Å². The zero-order valence-corrected chi connectivity index (χ0v) is 17.0. The third-order valence-electron chi connectivity index (χ3n) is 4.14. The molecule has 1 aromatic carbocycles. The van der Waals surface area contributed by atoms with Crippen molar-refractivity contribution in [1.29, 1.82) is 0 Å². The minimum atomic E-state index is -0.636. The molecular weight excluding hydrogens is 374 g/mol. The van der Waals surface area contributed by atoms with Crippen molar-refractivity contribution in [3.63, 3.8) is 0 Å². The Kier molecular flexibility index (Phi) is 6.26. The van der Waals surface area contributed by atoms with Gasteiger partial charge in [0.15, 0.2) is 6.10 Å². The first-order valence-corrected chi connectivity index (χ1v) is 9.95. The van der Waals surface area contributed by atoms with Gasteiger partial charge in [0.2, 0.25) is 0 Å². The van der Waals surface area contributed by atoms with E-state index < -0.39 is 6.10 Å². The molecule has 0 saturated carbocycles. The number of aromatic nitrogens is 2. The Morgan fingerprint density at radius 2 is 1.96 bits per heavy atom. The molecule has 6 nitrogen and oxygen atoms in total. The van der Waals surface area contributed by atoms with Crippen molar-refractivity contribution >= 4 is 17.2 Å². The van der Waals surface area contributed by atoms with Crippen molar-refractivity contribution in [2.24, 2.45) is 0 Å². The van der Waals surface area contributed by atoms with Crippen LogP contribution in [0.5, 0.6) is 5.75 Å². The zero-order chi connectivity index (χ0) is 20.1. The highest BCUT2D eigenvalue weighted by Crippen LogP contribution is 2.21. The molecule has 3 rings (SSSR count). The maximum atomic E-state index is 12.3. The maximum Gasteiger partial charge on any atom is 0.266 e. The third-order valence-corrected chi connectivity index (χ3v) is 5.03. The fourth-order valence-electron chi connectivity index (χ4n) is 2.85. The van der Waals surface area contributed by atoms with Gasteiger partial charge in [0, 0.05) is 12.6 Å². The molecule has 1 amide bonds. The van der Waals surface area contributed by atoms with E-state index >= 15 is 0 Å². The minimum Gasteiger partial charge on any atom is -0.481 e. The monoisotopic (exact) mass is 397 g/mol. The number of ether oxygens (including phenoxy) is 1. The van der Waals surface area contributed by atoms with Gasteiger partial charge < -0.3 is 10.1 Å². The van der Waals surface area contributed by atoms with Gasteiger partial charge in [-0.2, -0.15) is 5.10 Å². The quantitative estimate of drug-likeness (QED) is 0.665. The van der Waals surface area contributed by atoms with Crippen LogP contribution in [0, 0.1) is 13.8 Å². The van der Waals surface area contributed by atoms with E-state index in [1.54, 1.807) is 24.3 Å². The van der Waals surface area contributed by atoms with Crippen LogP contribution in [0.15, 0.2) is 52.6 Å². The molecule has 0 fully saturated rings. The van der Waals surface area contributed by atoms with E-state index in [9.17, 15) is 9.59 Å². The number of hydrogen-bond acceptors (Lipinski definition) is 5. The Morgan fingerprint density at radius 3 is 2.64 bits per heavy atom. The van der Waals surface area contributed by atoms with Crippen molar-refractivity contribution in [2.45, 2.75) is 33.4 Å². The van der Waals surface area contributed by atoms with Gasteiger partial charge in [0.25, 0.3) is 11.5 Å². The predicted molar refractivity (Wildman–Crippen MR) is 111 cm³/mol. The summed E-state index contributed by atoms with van der Waals surface area (Å²) in [6.45, 7) is 6.26. The van der Waals surface area contributed by atoms with Gasteiger partial charge >= 0.3 is 0 Å². The number of amides is 1. The fourth-order valence-corrected chi connectivity index (χ4v) is 3.54. The molecule has 2 aromatic heterocycles. The van der Waals surface area contributed by atoms with E-state index in [0.717, 1.165) is 21.7 Å². The van der Waals surface area contributed by atoms with Crippen molar-refractivity contribution in [2.75, 3.05) is 6.54 Å². The summed E-state index contributed by atoms with van der Waals surface area (Å²) in [5.74, 6) is 0.434. The molecule has 28 heavy (non-hydrogen) atoms. The molecule has 0 radical (unpaired) electrons. The van der Waals surface area contributed by atoms with Crippen LogP contribution >= 0.6 is 11.3 Å². The molecule has 1 atom stereocenters. The zero-order valence-electron chi connectivity index (χ0n) is 16.1. The van der Waals surface area contributed by atoms with Gasteiger partial charge in [-0.05, 0) is 61.5 Å². The lowest BCUT2D eigenvalue weighted by molar-refractivity contribution is -0.127. The minimum absolute atomic E-state index is 0.200. The second kappa shape index (κ2) is 8.84. The number of rotatable bonds is 7. The van der Waals surface area contributed by atoms with Gasteiger partial charge in [-0.1, -0.05) is 12.1 Å². The predicted octanol–water partition coefficient (Wildman–Crippen LogP) is 3.17. The summed E-state index contributed by atoms with van der Waals surface area (Å²) in [4.78, 5) is 25.3. The normalized spacial score (nSPS) is 11.8. The fraction of sp³-hybridized carbons (Fsp3) is 0.286. The Bertz CT molecular complexity index is 992. The molecule has 0 aliphatic heterocycles. The summed E-state index contributed by atoms with van der Waals surface area (Å²) in [5, 5.41) is 9.14. The van der Waals surface area contributed by atoms with Crippen molar-refractivity contribution in [3.8, 4) is 16.3 Å². The third kappa shape index (κ3) is 5.07. The summed E-state index contributed by atoms with van der Waals surface area (Å²) in [6.07, 6.45) is -0.636. The smallest absolute Gasteiger partial charge is 0.266 e. The number of nitrogens with zero attached hydrogens (tertiary/aromatic N) is 2. The number of hydrogen-bond donors (Lipinski definition) is 1.